The lowest BCUT2D eigenvalue weighted by molar-refractivity contribution is -0.227. The fourth-order valence-electron chi connectivity index (χ4n) is 5.21. The summed E-state index contributed by atoms with van der Waals surface area (Å²) in [5.41, 5.74) is 0. The molecule has 1 N–H and O–H groups in total. The Morgan fingerprint density at radius 1 is 0.722 bits per heavy atom. The van der Waals surface area contributed by atoms with E-state index in [1.165, 1.54) is 96.3 Å². The van der Waals surface area contributed by atoms with Crippen molar-refractivity contribution in [1.82, 2.24) is 5.32 Å². The molecule has 0 saturated carbocycles. The average molecular weight is 512 g/mol. The number of carbonyl (C=O) groups excluding carboxylic acids is 1. The number of amides is 1. The van der Waals surface area contributed by atoms with Crippen molar-refractivity contribution in [1.29, 1.82) is 0 Å². The molecule has 2 aliphatic rings. The Hall–Kier alpha value is -0.850. The molecule has 2 rings (SSSR count). The SMILES string of the molecule is CCCCCCCCCCCCCCCCCCNC(=O)OC[C@@H]1OCCC[C@H]1OC1CCCCO1. The van der Waals surface area contributed by atoms with E-state index >= 15 is 0 Å². The van der Waals surface area contributed by atoms with Crippen LogP contribution in [0.4, 0.5) is 4.79 Å². The third kappa shape index (κ3) is 16.1. The summed E-state index contributed by atoms with van der Waals surface area (Å²) >= 11 is 0. The largest absolute Gasteiger partial charge is 0.447 e. The monoisotopic (exact) mass is 511 g/mol. The van der Waals surface area contributed by atoms with Gasteiger partial charge < -0.3 is 24.3 Å². The van der Waals surface area contributed by atoms with Crippen LogP contribution in [0.3, 0.4) is 0 Å². The first-order chi connectivity index (χ1) is 17.8. The topological polar surface area (TPSA) is 66.0 Å². The van der Waals surface area contributed by atoms with E-state index in [-0.39, 0.29) is 31.2 Å². The summed E-state index contributed by atoms with van der Waals surface area (Å²) in [7, 11) is 0. The van der Waals surface area contributed by atoms with Crippen molar-refractivity contribution in [2.45, 2.75) is 160 Å². The second-order valence-corrected chi connectivity index (χ2v) is 10.9. The molecule has 0 aromatic rings. The Morgan fingerprint density at radius 2 is 1.31 bits per heavy atom. The molecule has 0 spiro atoms. The highest BCUT2D eigenvalue weighted by Gasteiger charge is 2.31. The van der Waals surface area contributed by atoms with Crippen LogP contribution in [-0.4, -0.2) is 51.0 Å². The summed E-state index contributed by atoms with van der Waals surface area (Å²) in [4.78, 5) is 12.1. The Kier molecular flexibility index (Phi) is 19.3. The molecule has 0 aromatic carbocycles. The fourth-order valence-corrected chi connectivity index (χ4v) is 5.21. The molecule has 0 bridgehead atoms. The molecule has 3 atom stereocenters. The lowest BCUT2D eigenvalue weighted by Gasteiger charge is -2.35. The van der Waals surface area contributed by atoms with E-state index in [1.807, 2.05) is 0 Å². The Labute approximate surface area is 221 Å². The maximum absolute atomic E-state index is 12.1. The van der Waals surface area contributed by atoms with Crippen molar-refractivity contribution < 1.29 is 23.7 Å². The molecule has 2 saturated heterocycles. The summed E-state index contributed by atoms with van der Waals surface area (Å²) in [6.07, 6.45) is 25.9. The van der Waals surface area contributed by atoms with Gasteiger partial charge in [-0.25, -0.2) is 4.79 Å². The highest BCUT2D eigenvalue weighted by Crippen LogP contribution is 2.23. The molecule has 6 heteroatoms. The van der Waals surface area contributed by atoms with Crippen LogP contribution in [0.25, 0.3) is 0 Å². The Balaban J connectivity index is 1.34. The lowest BCUT2D eigenvalue weighted by atomic mass is 10.0. The van der Waals surface area contributed by atoms with E-state index in [0.29, 0.717) is 13.2 Å². The van der Waals surface area contributed by atoms with Gasteiger partial charge in [0, 0.05) is 19.8 Å². The van der Waals surface area contributed by atoms with E-state index in [2.05, 4.69) is 12.2 Å². The van der Waals surface area contributed by atoms with Crippen LogP contribution in [0.2, 0.25) is 0 Å². The molecule has 2 heterocycles. The van der Waals surface area contributed by atoms with Crippen LogP contribution in [0.15, 0.2) is 0 Å². The third-order valence-electron chi connectivity index (χ3n) is 7.52. The van der Waals surface area contributed by atoms with Crippen molar-refractivity contribution in [3.8, 4) is 0 Å². The van der Waals surface area contributed by atoms with Crippen molar-refractivity contribution >= 4 is 6.09 Å². The number of unbranched alkanes of at least 4 members (excludes halogenated alkanes) is 15. The van der Waals surface area contributed by atoms with E-state index < -0.39 is 0 Å². The van der Waals surface area contributed by atoms with Gasteiger partial charge in [0.2, 0.25) is 0 Å². The second-order valence-electron chi connectivity index (χ2n) is 10.9. The molecule has 6 nitrogen and oxygen atoms in total. The van der Waals surface area contributed by atoms with Gasteiger partial charge in [0.05, 0.1) is 6.10 Å². The molecule has 2 aliphatic heterocycles. The average Bonchev–Trinajstić information content (AvgIpc) is 2.90. The molecule has 1 amide bonds. The predicted octanol–water partition coefficient (Wildman–Crippen LogP) is 8.06. The molecular formula is C30H57NO5. The minimum absolute atomic E-state index is 0.0602. The summed E-state index contributed by atoms with van der Waals surface area (Å²) in [6.45, 7) is 4.66. The van der Waals surface area contributed by atoms with Crippen LogP contribution in [0, 0.1) is 0 Å². The van der Waals surface area contributed by atoms with Gasteiger partial charge in [0.1, 0.15) is 12.7 Å². The van der Waals surface area contributed by atoms with E-state index in [0.717, 1.165) is 45.1 Å². The summed E-state index contributed by atoms with van der Waals surface area (Å²) in [6, 6.07) is 0. The highest BCUT2D eigenvalue weighted by atomic mass is 16.7. The molecule has 0 aromatic heterocycles. The van der Waals surface area contributed by atoms with Crippen LogP contribution in [-0.2, 0) is 18.9 Å². The molecule has 1 unspecified atom stereocenters. The zero-order chi connectivity index (χ0) is 25.5. The van der Waals surface area contributed by atoms with Crippen molar-refractivity contribution in [2.75, 3.05) is 26.4 Å². The molecule has 212 valence electrons. The number of carbonyl (C=O) groups is 1. The number of hydrogen-bond acceptors (Lipinski definition) is 5. The standard InChI is InChI=1S/C30H57NO5/c1-2-3-4-5-6-7-8-9-10-11-12-13-14-15-16-18-23-31-30(32)35-26-28-27(21-20-25-33-28)36-29-22-17-19-24-34-29/h27-29H,2-26H2,1H3,(H,31,32)/t27-,28+,29?/m1/s1. The Bertz CT molecular complexity index is 512. The van der Waals surface area contributed by atoms with E-state index in [1.54, 1.807) is 0 Å². The van der Waals surface area contributed by atoms with Gasteiger partial charge in [-0.1, -0.05) is 103 Å². The number of hydrogen-bond donors (Lipinski definition) is 1. The van der Waals surface area contributed by atoms with E-state index in [4.69, 9.17) is 18.9 Å². The quantitative estimate of drug-likeness (QED) is 0.158. The van der Waals surface area contributed by atoms with E-state index in [9.17, 15) is 4.79 Å². The van der Waals surface area contributed by atoms with Gasteiger partial charge in [0.25, 0.3) is 0 Å². The normalized spacial score (nSPS) is 22.4. The molecule has 36 heavy (non-hydrogen) atoms. The minimum Gasteiger partial charge on any atom is -0.447 e. The first-order valence-corrected chi connectivity index (χ1v) is 15.6. The zero-order valence-electron chi connectivity index (χ0n) is 23.5. The lowest BCUT2D eigenvalue weighted by Crippen LogP contribution is -2.43. The Morgan fingerprint density at radius 3 is 1.89 bits per heavy atom. The van der Waals surface area contributed by atoms with Crippen molar-refractivity contribution in [3.63, 3.8) is 0 Å². The zero-order valence-corrected chi connectivity index (χ0v) is 23.5. The maximum atomic E-state index is 12.1. The number of alkyl carbamates (subject to hydrolysis) is 1. The summed E-state index contributed by atoms with van der Waals surface area (Å²) < 4.78 is 23.1. The van der Waals surface area contributed by atoms with Crippen LogP contribution >= 0.6 is 0 Å². The van der Waals surface area contributed by atoms with Gasteiger partial charge >= 0.3 is 6.09 Å². The molecule has 0 aliphatic carbocycles. The van der Waals surface area contributed by atoms with Gasteiger partial charge in [-0.2, -0.15) is 0 Å². The first kappa shape index (κ1) is 31.4. The third-order valence-corrected chi connectivity index (χ3v) is 7.52. The summed E-state index contributed by atoms with van der Waals surface area (Å²) in [5.74, 6) is 0. The second kappa shape index (κ2) is 22.2. The smallest absolute Gasteiger partial charge is 0.407 e. The van der Waals surface area contributed by atoms with Gasteiger partial charge in [-0.3, -0.25) is 0 Å². The number of ether oxygens (including phenoxy) is 4. The first-order valence-electron chi connectivity index (χ1n) is 15.6. The van der Waals surface area contributed by atoms with Gasteiger partial charge in [-0.15, -0.1) is 0 Å². The van der Waals surface area contributed by atoms with Gasteiger partial charge in [0.15, 0.2) is 6.29 Å². The molecule has 0 radical (unpaired) electrons. The predicted molar refractivity (Wildman–Crippen MR) is 146 cm³/mol. The molecule has 2 fully saturated rings. The molecular weight excluding hydrogens is 454 g/mol. The van der Waals surface area contributed by atoms with Crippen LogP contribution in [0.5, 0.6) is 0 Å². The number of nitrogens with one attached hydrogen (secondary N) is 1. The van der Waals surface area contributed by atoms with Gasteiger partial charge in [-0.05, 0) is 38.5 Å². The van der Waals surface area contributed by atoms with Crippen LogP contribution in [0.1, 0.15) is 142 Å². The van der Waals surface area contributed by atoms with Crippen molar-refractivity contribution in [3.05, 3.63) is 0 Å². The fraction of sp³-hybridized carbons (Fsp3) is 0.967. The summed E-state index contributed by atoms with van der Waals surface area (Å²) in [5, 5.41) is 2.89. The number of rotatable bonds is 21. The highest BCUT2D eigenvalue weighted by molar-refractivity contribution is 5.67. The maximum Gasteiger partial charge on any atom is 0.407 e. The van der Waals surface area contributed by atoms with Crippen molar-refractivity contribution in [2.24, 2.45) is 0 Å². The minimum atomic E-state index is -0.349. The van der Waals surface area contributed by atoms with Crippen LogP contribution < -0.4 is 5.32 Å².